The molecule has 0 bridgehead atoms. The van der Waals surface area contributed by atoms with Crippen LogP contribution in [0.3, 0.4) is 0 Å². The molecule has 1 atom stereocenters. The van der Waals surface area contributed by atoms with Gasteiger partial charge >= 0.3 is 0 Å². The number of hydrogen-bond acceptors (Lipinski definition) is 3. The van der Waals surface area contributed by atoms with Gasteiger partial charge in [-0.2, -0.15) is 0 Å². The molecule has 0 spiro atoms. The lowest BCUT2D eigenvalue weighted by Crippen LogP contribution is -2.30. The standard InChI is InChI=1S/C17H19NO2S/c1-12-7-9-15(10-8-12)20-13(2)17(19)18-14-5-4-6-16(11-14)21-3/h4-11,13H,1-3H3,(H,18,19)/t13-/m1/s1. The summed E-state index contributed by atoms with van der Waals surface area (Å²) in [6.07, 6.45) is 1.45. The highest BCUT2D eigenvalue weighted by molar-refractivity contribution is 7.98. The van der Waals surface area contributed by atoms with Crippen LogP contribution in [0.15, 0.2) is 53.4 Å². The van der Waals surface area contributed by atoms with Crippen molar-refractivity contribution < 1.29 is 9.53 Å². The van der Waals surface area contributed by atoms with Crippen LogP contribution in [0.5, 0.6) is 5.75 Å². The van der Waals surface area contributed by atoms with Crippen molar-refractivity contribution >= 4 is 23.4 Å². The minimum absolute atomic E-state index is 0.158. The Hall–Kier alpha value is -1.94. The second-order valence-corrected chi connectivity index (χ2v) is 5.67. The van der Waals surface area contributed by atoms with Gasteiger partial charge in [0.1, 0.15) is 5.75 Å². The van der Waals surface area contributed by atoms with Gasteiger partial charge in [-0.25, -0.2) is 0 Å². The van der Waals surface area contributed by atoms with Gasteiger partial charge in [-0.15, -0.1) is 11.8 Å². The van der Waals surface area contributed by atoms with Crippen molar-refractivity contribution in [3.05, 3.63) is 54.1 Å². The SMILES string of the molecule is CSc1cccc(NC(=O)[C@@H](C)Oc2ccc(C)cc2)c1. The van der Waals surface area contributed by atoms with Crippen LogP contribution in [0.2, 0.25) is 0 Å². The highest BCUT2D eigenvalue weighted by Crippen LogP contribution is 2.19. The first-order chi connectivity index (χ1) is 10.1. The molecular weight excluding hydrogens is 282 g/mol. The molecule has 0 aliphatic heterocycles. The number of hydrogen-bond donors (Lipinski definition) is 1. The van der Waals surface area contributed by atoms with Gasteiger partial charge in [-0.1, -0.05) is 23.8 Å². The van der Waals surface area contributed by atoms with Crippen LogP contribution < -0.4 is 10.1 Å². The van der Waals surface area contributed by atoms with Crippen molar-refractivity contribution in [2.75, 3.05) is 11.6 Å². The van der Waals surface area contributed by atoms with Gasteiger partial charge in [-0.3, -0.25) is 4.79 Å². The number of anilines is 1. The van der Waals surface area contributed by atoms with Crippen LogP contribution in [0, 0.1) is 6.92 Å². The van der Waals surface area contributed by atoms with Crippen LogP contribution in [0.4, 0.5) is 5.69 Å². The molecule has 110 valence electrons. The first-order valence-electron chi connectivity index (χ1n) is 6.77. The average molecular weight is 301 g/mol. The summed E-state index contributed by atoms with van der Waals surface area (Å²) in [5.41, 5.74) is 1.94. The molecule has 2 aromatic carbocycles. The molecule has 3 nitrogen and oxygen atoms in total. The Morgan fingerprint density at radius 3 is 2.57 bits per heavy atom. The van der Waals surface area contributed by atoms with Crippen LogP contribution in [0.25, 0.3) is 0 Å². The Labute approximate surface area is 129 Å². The summed E-state index contributed by atoms with van der Waals surface area (Å²) in [4.78, 5) is 13.3. The van der Waals surface area contributed by atoms with Gasteiger partial charge in [0.15, 0.2) is 6.10 Å². The summed E-state index contributed by atoms with van der Waals surface area (Å²) in [5.74, 6) is 0.537. The van der Waals surface area contributed by atoms with Crippen molar-refractivity contribution in [1.82, 2.24) is 0 Å². The number of ether oxygens (including phenoxy) is 1. The number of aryl methyl sites for hydroxylation is 1. The van der Waals surface area contributed by atoms with E-state index in [4.69, 9.17) is 4.74 Å². The summed E-state index contributed by atoms with van der Waals surface area (Å²) in [5, 5.41) is 2.87. The smallest absolute Gasteiger partial charge is 0.265 e. The van der Waals surface area contributed by atoms with E-state index in [1.807, 2.05) is 61.7 Å². The van der Waals surface area contributed by atoms with E-state index in [1.54, 1.807) is 18.7 Å². The quantitative estimate of drug-likeness (QED) is 0.844. The number of amides is 1. The molecule has 0 aromatic heterocycles. The lowest BCUT2D eigenvalue weighted by molar-refractivity contribution is -0.122. The maximum absolute atomic E-state index is 12.1. The fourth-order valence-electron chi connectivity index (χ4n) is 1.82. The van der Waals surface area contributed by atoms with Crippen molar-refractivity contribution in [3.8, 4) is 5.75 Å². The second kappa shape index (κ2) is 7.18. The molecule has 2 rings (SSSR count). The minimum Gasteiger partial charge on any atom is -0.481 e. The third kappa shape index (κ3) is 4.53. The van der Waals surface area contributed by atoms with E-state index in [-0.39, 0.29) is 5.91 Å². The van der Waals surface area contributed by atoms with Gasteiger partial charge in [-0.05, 0) is 50.4 Å². The Bertz CT molecular complexity index is 610. The van der Waals surface area contributed by atoms with Crippen molar-refractivity contribution in [2.45, 2.75) is 24.8 Å². The van der Waals surface area contributed by atoms with Gasteiger partial charge in [0.2, 0.25) is 0 Å². The molecule has 0 aliphatic rings. The zero-order chi connectivity index (χ0) is 15.2. The van der Waals surface area contributed by atoms with Gasteiger partial charge in [0.05, 0.1) is 0 Å². The number of thioether (sulfide) groups is 1. The Morgan fingerprint density at radius 2 is 1.90 bits per heavy atom. The van der Waals surface area contributed by atoms with E-state index in [2.05, 4.69) is 5.32 Å². The number of carbonyl (C=O) groups is 1. The van der Waals surface area contributed by atoms with Crippen LogP contribution >= 0.6 is 11.8 Å². The summed E-state index contributed by atoms with van der Waals surface area (Å²) in [6, 6.07) is 15.4. The fraction of sp³-hybridized carbons (Fsp3) is 0.235. The van der Waals surface area contributed by atoms with Gasteiger partial charge < -0.3 is 10.1 Å². The van der Waals surface area contributed by atoms with E-state index in [0.29, 0.717) is 5.75 Å². The molecule has 0 unspecified atom stereocenters. The number of rotatable bonds is 5. The maximum Gasteiger partial charge on any atom is 0.265 e. The summed E-state index contributed by atoms with van der Waals surface area (Å²) in [6.45, 7) is 3.76. The van der Waals surface area contributed by atoms with E-state index in [0.717, 1.165) is 16.1 Å². The Morgan fingerprint density at radius 1 is 1.19 bits per heavy atom. The van der Waals surface area contributed by atoms with Gasteiger partial charge in [0, 0.05) is 10.6 Å². The zero-order valence-corrected chi connectivity index (χ0v) is 13.2. The number of nitrogens with one attached hydrogen (secondary N) is 1. The van der Waals surface area contributed by atoms with Crippen molar-refractivity contribution in [1.29, 1.82) is 0 Å². The molecule has 4 heteroatoms. The molecule has 0 radical (unpaired) electrons. The van der Waals surface area contributed by atoms with Gasteiger partial charge in [0.25, 0.3) is 5.91 Å². The average Bonchev–Trinajstić information content (AvgIpc) is 2.49. The summed E-state index contributed by atoms with van der Waals surface area (Å²) in [7, 11) is 0. The zero-order valence-electron chi connectivity index (χ0n) is 12.4. The molecule has 0 aliphatic carbocycles. The number of benzene rings is 2. The molecule has 21 heavy (non-hydrogen) atoms. The highest BCUT2D eigenvalue weighted by Gasteiger charge is 2.14. The number of carbonyl (C=O) groups excluding carboxylic acids is 1. The third-order valence-corrected chi connectivity index (χ3v) is 3.77. The molecule has 0 saturated heterocycles. The predicted octanol–water partition coefficient (Wildman–Crippen LogP) is 4.12. The Kier molecular flexibility index (Phi) is 5.28. The molecule has 1 N–H and O–H groups in total. The fourth-order valence-corrected chi connectivity index (χ4v) is 2.28. The second-order valence-electron chi connectivity index (χ2n) is 4.79. The van der Waals surface area contributed by atoms with E-state index in [9.17, 15) is 4.79 Å². The molecule has 1 amide bonds. The van der Waals surface area contributed by atoms with E-state index >= 15 is 0 Å². The normalized spacial score (nSPS) is 11.8. The van der Waals surface area contributed by atoms with Crippen LogP contribution in [0.1, 0.15) is 12.5 Å². The highest BCUT2D eigenvalue weighted by atomic mass is 32.2. The largest absolute Gasteiger partial charge is 0.481 e. The molecule has 0 heterocycles. The van der Waals surface area contributed by atoms with Crippen LogP contribution in [-0.4, -0.2) is 18.3 Å². The molecular formula is C17H19NO2S. The van der Waals surface area contributed by atoms with E-state index in [1.165, 1.54) is 0 Å². The third-order valence-electron chi connectivity index (χ3n) is 3.04. The first-order valence-corrected chi connectivity index (χ1v) is 7.99. The summed E-state index contributed by atoms with van der Waals surface area (Å²) < 4.78 is 5.64. The Balaban J connectivity index is 1.97. The lowest BCUT2D eigenvalue weighted by atomic mass is 10.2. The van der Waals surface area contributed by atoms with E-state index < -0.39 is 6.10 Å². The molecule has 0 fully saturated rings. The molecule has 2 aromatic rings. The summed E-state index contributed by atoms with van der Waals surface area (Å²) >= 11 is 1.64. The maximum atomic E-state index is 12.1. The minimum atomic E-state index is -0.550. The first kappa shape index (κ1) is 15.4. The monoisotopic (exact) mass is 301 g/mol. The molecule has 0 saturated carbocycles. The topological polar surface area (TPSA) is 38.3 Å². The van der Waals surface area contributed by atoms with Crippen molar-refractivity contribution in [3.63, 3.8) is 0 Å². The predicted molar refractivity (Wildman–Crippen MR) is 88.1 cm³/mol. The van der Waals surface area contributed by atoms with Crippen LogP contribution in [-0.2, 0) is 4.79 Å². The lowest BCUT2D eigenvalue weighted by Gasteiger charge is -2.15. The van der Waals surface area contributed by atoms with Crippen molar-refractivity contribution in [2.24, 2.45) is 0 Å².